The summed E-state index contributed by atoms with van der Waals surface area (Å²) in [5, 5.41) is 3.03. The lowest BCUT2D eigenvalue weighted by Gasteiger charge is -2.06. The fraction of sp³-hybridized carbons (Fsp3) is 0. The summed E-state index contributed by atoms with van der Waals surface area (Å²) in [5.41, 5.74) is 4.05. The molecule has 0 saturated heterocycles. The second-order valence-electron chi connectivity index (χ2n) is 5.06. The van der Waals surface area contributed by atoms with Crippen molar-refractivity contribution in [1.82, 2.24) is 0 Å². The molecule has 4 heteroatoms. The van der Waals surface area contributed by atoms with Gasteiger partial charge in [-0.25, -0.2) is 0 Å². The van der Waals surface area contributed by atoms with Gasteiger partial charge in [-0.1, -0.05) is 35.9 Å². The highest BCUT2D eigenvalue weighted by molar-refractivity contribution is 14.1. The molecule has 0 radical (unpaired) electrons. The molecule has 22 heavy (non-hydrogen) atoms. The lowest BCUT2D eigenvalue weighted by Crippen LogP contribution is -1.83. The zero-order chi connectivity index (χ0) is 15.3. The van der Waals surface area contributed by atoms with Crippen LogP contribution in [-0.4, -0.2) is 0 Å². The van der Waals surface area contributed by atoms with Crippen LogP contribution in [0, 0.1) is 3.57 Å². The van der Waals surface area contributed by atoms with E-state index in [1.54, 1.807) is 0 Å². The number of hydrogen-bond acceptors (Lipinski definition) is 1. The minimum atomic E-state index is 0.745. The Morgan fingerprint density at radius 2 is 1.64 bits per heavy atom. The molecule has 1 nitrogen and oxygen atoms in total. The van der Waals surface area contributed by atoms with E-state index in [1.165, 1.54) is 0 Å². The summed E-state index contributed by atoms with van der Waals surface area (Å²) in [7, 11) is 0. The van der Waals surface area contributed by atoms with Crippen molar-refractivity contribution in [3.63, 3.8) is 0 Å². The third kappa shape index (κ3) is 2.36. The van der Waals surface area contributed by atoms with Gasteiger partial charge in [-0.3, -0.25) is 0 Å². The molecule has 4 rings (SSSR count). The highest BCUT2D eigenvalue weighted by Crippen LogP contribution is 2.36. The van der Waals surface area contributed by atoms with Crippen LogP contribution in [0.25, 0.3) is 33.1 Å². The molecule has 1 aromatic heterocycles. The summed E-state index contributed by atoms with van der Waals surface area (Å²) in [6.45, 7) is 0. The van der Waals surface area contributed by atoms with Crippen molar-refractivity contribution in [1.29, 1.82) is 0 Å². The summed E-state index contributed by atoms with van der Waals surface area (Å²) in [4.78, 5) is 0. The van der Waals surface area contributed by atoms with Gasteiger partial charge in [0, 0.05) is 18.8 Å². The molecule has 3 aromatic carbocycles. The third-order valence-electron chi connectivity index (χ3n) is 3.70. The SMILES string of the molecule is Clc1c(Br)cc(-c2ccc3c(c2)oc2ccccc23)cc1I. The number of furan rings is 1. The Labute approximate surface area is 154 Å². The summed E-state index contributed by atoms with van der Waals surface area (Å²) in [6, 6.07) is 18.5. The first-order chi connectivity index (χ1) is 10.6. The van der Waals surface area contributed by atoms with Crippen molar-refractivity contribution in [3.8, 4) is 11.1 Å². The van der Waals surface area contributed by atoms with Gasteiger partial charge in [0.2, 0.25) is 0 Å². The van der Waals surface area contributed by atoms with Crippen molar-refractivity contribution in [2.24, 2.45) is 0 Å². The quantitative estimate of drug-likeness (QED) is 0.205. The van der Waals surface area contributed by atoms with Crippen LogP contribution in [-0.2, 0) is 0 Å². The molecule has 4 aromatic rings. The Morgan fingerprint density at radius 3 is 2.45 bits per heavy atom. The van der Waals surface area contributed by atoms with Crippen molar-refractivity contribution in [2.45, 2.75) is 0 Å². The second kappa shape index (κ2) is 5.55. The van der Waals surface area contributed by atoms with Gasteiger partial charge in [0.05, 0.1) is 5.02 Å². The number of benzene rings is 3. The average molecular weight is 484 g/mol. The fourth-order valence-corrected chi connectivity index (χ4v) is 4.19. The lowest BCUT2D eigenvalue weighted by atomic mass is 10.0. The van der Waals surface area contributed by atoms with Gasteiger partial charge in [0.25, 0.3) is 0 Å². The minimum Gasteiger partial charge on any atom is -0.456 e. The van der Waals surface area contributed by atoms with E-state index in [9.17, 15) is 0 Å². The van der Waals surface area contributed by atoms with E-state index in [0.29, 0.717) is 0 Å². The van der Waals surface area contributed by atoms with Crippen LogP contribution >= 0.6 is 50.1 Å². The minimum absolute atomic E-state index is 0.745. The van der Waals surface area contributed by atoms with E-state index in [-0.39, 0.29) is 0 Å². The Morgan fingerprint density at radius 1 is 0.864 bits per heavy atom. The molecule has 0 unspecified atom stereocenters. The third-order valence-corrected chi connectivity index (χ3v) is 6.13. The number of fused-ring (bicyclic) bond motifs is 3. The molecule has 1 heterocycles. The van der Waals surface area contributed by atoms with Crippen molar-refractivity contribution < 1.29 is 4.42 Å². The molecule has 0 aliphatic rings. The van der Waals surface area contributed by atoms with Crippen LogP contribution in [0.15, 0.2) is 63.5 Å². The average Bonchev–Trinajstić information content (AvgIpc) is 2.89. The number of para-hydroxylation sites is 1. The van der Waals surface area contributed by atoms with Crippen LogP contribution in [0.4, 0.5) is 0 Å². The van der Waals surface area contributed by atoms with Crippen LogP contribution in [0.2, 0.25) is 5.02 Å². The number of rotatable bonds is 1. The smallest absolute Gasteiger partial charge is 0.136 e. The summed E-state index contributed by atoms with van der Waals surface area (Å²) < 4.78 is 7.88. The molecule has 0 atom stereocenters. The van der Waals surface area contributed by atoms with E-state index in [1.807, 2.05) is 24.3 Å². The Balaban J connectivity index is 1.94. The van der Waals surface area contributed by atoms with E-state index in [0.717, 1.165) is 46.1 Å². The monoisotopic (exact) mass is 482 g/mol. The highest BCUT2D eigenvalue weighted by atomic mass is 127. The zero-order valence-electron chi connectivity index (χ0n) is 11.2. The molecular formula is C18H9BrClIO. The fourth-order valence-electron chi connectivity index (χ4n) is 2.63. The Kier molecular flexibility index (Phi) is 3.67. The maximum atomic E-state index is 6.21. The summed E-state index contributed by atoms with van der Waals surface area (Å²) >= 11 is 12.0. The molecule has 108 valence electrons. The molecule has 0 spiro atoms. The zero-order valence-corrected chi connectivity index (χ0v) is 15.7. The Bertz CT molecular complexity index is 999. The van der Waals surface area contributed by atoms with Crippen molar-refractivity contribution in [3.05, 3.63) is 67.7 Å². The Hall–Kier alpha value is -1.04. The first kappa shape index (κ1) is 14.5. The van der Waals surface area contributed by atoms with Gasteiger partial charge in [-0.05, 0) is 80.0 Å². The summed E-state index contributed by atoms with van der Waals surface area (Å²) in [5.74, 6) is 0. The van der Waals surface area contributed by atoms with E-state index < -0.39 is 0 Å². The van der Waals surface area contributed by atoms with E-state index in [4.69, 9.17) is 16.0 Å². The standard InChI is InChI=1S/C18H9BrClIO/c19-14-7-11(8-15(21)18(14)20)10-5-6-13-12-3-1-2-4-16(12)22-17(13)9-10/h1-9H. The predicted octanol–water partition coefficient (Wildman–Crippen LogP) is 7.27. The lowest BCUT2D eigenvalue weighted by molar-refractivity contribution is 0.669. The van der Waals surface area contributed by atoms with Gasteiger partial charge in [-0.15, -0.1) is 0 Å². The van der Waals surface area contributed by atoms with Crippen LogP contribution in [0.3, 0.4) is 0 Å². The van der Waals surface area contributed by atoms with Gasteiger partial charge in [0.15, 0.2) is 0 Å². The maximum absolute atomic E-state index is 6.21. The molecule has 0 amide bonds. The highest BCUT2D eigenvalue weighted by Gasteiger charge is 2.10. The van der Waals surface area contributed by atoms with E-state index >= 15 is 0 Å². The second-order valence-corrected chi connectivity index (χ2v) is 7.46. The van der Waals surface area contributed by atoms with Crippen LogP contribution in [0.1, 0.15) is 0 Å². The maximum Gasteiger partial charge on any atom is 0.136 e. The first-order valence-corrected chi connectivity index (χ1v) is 8.94. The summed E-state index contributed by atoms with van der Waals surface area (Å²) in [6.07, 6.45) is 0. The van der Waals surface area contributed by atoms with Gasteiger partial charge < -0.3 is 4.42 Å². The topological polar surface area (TPSA) is 13.1 Å². The van der Waals surface area contributed by atoms with Crippen LogP contribution in [0.5, 0.6) is 0 Å². The van der Waals surface area contributed by atoms with Gasteiger partial charge in [-0.2, -0.15) is 0 Å². The molecule has 0 aliphatic heterocycles. The van der Waals surface area contributed by atoms with Gasteiger partial charge >= 0.3 is 0 Å². The molecule has 0 N–H and O–H groups in total. The molecular weight excluding hydrogens is 474 g/mol. The predicted molar refractivity (Wildman–Crippen MR) is 105 cm³/mol. The normalized spacial score (nSPS) is 11.4. The van der Waals surface area contributed by atoms with Crippen LogP contribution < -0.4 is 0 Å². The molecule has 0 aliphatic carbocycles. The molecule has 0 saturated carbocycles. The van der Waals surface area contributed by atoms with Crippen molar-refractivity contribution in [2.75, 3.05) is 0 Å². The van der Waals surface area contributed by atoms with Crippen molar-refractivity contribution >= 4 is 72.1 Å². The number of hydrogen-bond donors (Lipinski definition) is 0. The molecule has 0 fully saturated rings. The largest absolute Gasteiger partial charge is 0.456 e. The van der Waals surface area contributed by atoms with Gasteiger partial charge in [0.1, 0.15) is 11.2 Å². The van der Waals surface area contributed by atoms with E-state index in [2.05, 4.69) is 68.9 Å². The molecule has 0 bridgehead atoms. The number of halogens is 3. The first-order valence-electron chi connectivity index (χ1n) is 6.70.